The molecule has 12 N–H and O–H groups in total. The first-order valence-corrected chi connectivity index (χ1v) is 46.7. The first kappa shape index (κ1) is 88.0. The van der Waals surface area contributed by atoms with Gasteiger partial charge in [0, 0.05) is 62.6 Å². The highest BCUT2D eigenvalue weighted by Gasteiger charge is 2.39. The molecule has 640 valence electrons. The van der Waals surface area contributed by atoms with Crippen molar-refractivity contribution in [2.45, 2.75) is 88.1 Å². The number of anilines is 4. The van der Waals surface area contributed by atoms with Gasteiger partial charge in [0.15, 0.2) is 54.5 Å². The number of hydrogen-bond donors (Lipinski definition) is 8. The van der Waals surface area contributed by atoms with Gasteiger partial charge < -0.3 is 83.0 Å². The number of aryl methyl sites for hydroxylation is 1. The fourth-order valence-electron chi connectivity index (χ4n) is 12.6. The number of rotatable bonds is 26. The predicted molar refractivity (Wildman–Crippen MR) is 439 cm³/mol. The monoisotopic (exact) mass is 1820 g/mol. The van der Waals surface area contributed by atoms with E-state index in [4.69, 9.17) is 82.8 Å². The molecule has 16 rings (SSSR count). The zero-order valence-electron chi connectivity index (χ0n) is 64.6. The van der Waals surface area contributed by atoms with Crippen LogP contribution in [-0.2, 0) is 109 Å². The van der Waals surface area contributed by atoms with Crippen LogP contribution in [0.15, 0.2) is 151 Å². The van der Waals surface area contributed by atoms with Crippen LogP contribution in [0.5, 0.6) is 5.75 Å². The van der Waals surface area contributed by atoms with Crippen LogP contribution in [0.2, 0.25) is 0 Å². The molecule has 12 aromatic rings. The van der Waals surface area contributed by atoms with Crippen molar-refractivity contribution < 1.29 is 86.6 Å². The van der Waals surface area contributed by atoms with Crippen LogP contribution in [0.25, 0.3) is 44.7 Å². The molecule has 43 nitrogen and oxygen atoms in total. The first-order chi connectivity index (χ1) is 57.5. The van der Waals surface area contributed by atoms with Gasteiger partial charge >= 0.3 is 30.4 Å². The summed E-state index contributed by atoms with van der Waals surface area (Å²) >= 11 is 3.40. The van der Waals surface area contributed by atoms with Gasteiger partial charge in [0.1, 0.15) is 31.1 Å². The number of methoxy groups -OCH3 is 1. The largest absolute Gasteiger partial charge is 0.497 e. The molecule has 4 aliphatic rings. The normalized spacial score (nSPS) is 21.9. The van der Waals surface area contributed by atoms with E-state index in [1.165, 1.54) is 37.4 Å². The second-order valence-electron chi connectivity index (χ2n) is 27.3. The third-order valence-electron chi connectivity index (χ3n) is 18.6. The van der Waals surface area contributed by atoms with Crippen molar-refractivity contribution in [2.75, 3.05) is 115 Å². The van der Waals surface area contributed by atoms with Crippen LogP contribution in [0.4, 0.5) is 23.8 Å². The molecule has 8 unspecified atom stereocenters. The minimum Gasteiger partial charge on any atom is -0.497 e. The number of nitrogens with one attached hydrogen (secondary N) is 4. The number of sulfone groups is 1. The van der Waals surface area contributed by atoms with E-state index < -0.39 is 68.6 Å². The number of benzene rings is 4. The Morgan fingerprint density at radius 3 is 0.950 bits per heavy atom. The summed E-state index contributed by atoms with van der Waals surface area (Å²) in [5.74, 6) is 0.753. The number of hydrogen-bond acceptors (Lipinski definition) is 35. The zero-order chi connectivity index (χ0) is 84.9. The Labute approximate surface area is 690 Å². The highest BCUT2D eigenvalue weighted by molar-refractivity contribution is 9.10. The van der Waals surface area contributed by atoms with Gasteiger partial charge in [-0.05, 0) is 65.6 Å². The molecule has 0 amide bonds. The summed E-state index contributed by atoms with van der Waals surface area (Å²) in [7, 11) is -15.3. The lowest BCUT2D eigenvalue weighted by Crippen LogP contribution is -2.17. The van der Waals surface area contributed by atoms with Gasteiger partial charge in [0.25, 0.3) is 22.2 Å². The Morgan fingerprint density at radius 2 is 0.683 bits per heavy atom. The Bertz CT molecular complexity index is 6000. The number of aromatic nitrogens is 16. The molecule has 12 heterocycles. The van der Waals surface area contributed by atoms with E-state index in [9.17, 15) is 45.9 Å². The van der Waals surface area contributed by atoms with Crippen molar-refractivity contribution in [3.8, 4) is 5.75 Å². The Hall–Kier alpha value is -9.85. The maximum absolute atomic E-state index is 12.9. The van der Waals surface area contributed by atoms with Crippen molar-refractivity contribution >= 4 is 125 Å². The zero-order valence-corrected chi connectivity index (χ0v) is 70.6. The summed E-state index contributed by atoms with van der Waals surface area (Å²) in [4.78, 5) is 89.4. The van der Waals surface area contributed by atoms with Crippen molar-refractivity contribution in [1.82, 2.24) is 78.1 Å². The highest BCUT2D eigenvalue weighted by Crippen LogP contribution is 2.59. The summed E-state index contributed by atoms with van der Waals surface area (Å²) in [6, 6.07) is 29.3. The fourth-order valence-corrected chi connectivity index (χ4v) is 19.7. The molecule has 8 aromatic heterocycles. The first-order valence-electron chi connectivity index (χ1n) is 37.1. The van der Waals surface area contributed by atoms with E-state index in [0.717, 1.165) is 38.7 Å². The van der Waals surface area contributed by atoms with Crippen LogP contribution >= 0.6 is 46.3 Å². The molecular weight excluding hydrogens is 1740 g/mol. The molecule has 4 saturated heterocycles. The molecule has 0 bridgehead atoms. The molecule has 4 aromatic carbocycles. The third-order valence-corrected chi connectivity index (χ3v) is 26.8. The van der Waals surface area contributed by atoms with E-state index in [2.05, 4.69) is 75.7 Å². The smallest absolute Gasteiger partial charge is 0.356 e. The molecule has 120 heavy (non-hydrogen) atoms. The van der Waals surface area contributed by atoms with Crippen LogP contribution < -0.4 is 49.9 Å². The van der Waals surface area contributed by atoms with E-state index in [1.807, 2.05) is 79.7 Å². The molecule has 0 spiro atoms. The summed E-state index contributed by atoms with van der Waals surface area (Å²) in [6.45, 7) is 5.33. The summed E-state index contributed by atoms with van der Waals surface area (Å²) in [6.07, 6.45) is 7.18. The van der Waals surface area contributed by atoms with Crippen LogP contribution in [0.1, 0.15) is 77.9 Å². The molecule has 0 aliphatic carbocycles. The molecule has 4 fully saturated rings. The number of nitrogen functional groups attached to an aromatic ring is 4. The molecule has 8 atom stereocenters. The van der Waals surface area contributed by atoms with Gasteiger partial charge in [0.05, 0.1) is 115 Å². The topological polar surface area (TPSA) is 581 Å². The second kappa shape index (κ2) is 38.9. The van der Waals surface area contributed by atoms with Crippen LogP contribution in [0, 0.1) is 6.92 Å². The second-order valence-corrected chi connectivity index (χ2v) is 38.0. The van der Waals surface area contributed by atoms with E-state index >= 15 is 0 Å². The Morgan fingerprint density at radius 1 is 0.425 bits per heavy atom. The quantitative estimate of drug-likeness (QED) is 0.0185. The maximum atomic E-state index is 12.9. The van der Waals surface area contributed by atoms with Gasteiger partial charge in [-0.1, -0.05) is 82.2 Å². The van der Waals surface area contributed by atoms with Crippen molar-refractivity contribution in [3.63, 3.8) is 0 Å². The van der Waals surface area contributed by atoms with Crippen LogP contribution in [0.3, 0.4) is 0 Å². The maximum Gasteiger partial charge on any atom is 0.356 e. The molecular formula is C71H85BrN20O23P4S. The Kier molecular flexibility index (Phi) is 28.5. The summed E-state index contributed by atoms with van der Waals surface area (Å²) in [5.41, 5.74) is 27.5. The molecule has 49 heteroatoms. The van der Waals surface area contributed by atoms with E-state index in [-0.39, 0.29) is 127 Å². The number of imidazole rings is 4. The van der Waals surface area contributed by atoms with Crippen LogP contribution in [-0.4, -0.2) is 178 Å². The lowest BCUT2D eigenvalue weighted by atomic mass is 10.1. The minimum absolute atomic E-state index is 0.00758. The average molecular weight is 1820 g/mol. The standard InChI is InChI=1S/C18H22N5O7PS.C18H22N5O6P.C18H22N5O5P.C17H19BrN5O5P/c1-32(26,27)13-4-2-12(3-5-13)14-6-8-29-31(25,30-14)11-28-9-7-23-10-20-15-16(23)21-18(19)22-17(15)24;1-26-13-4-2-12(3-5-13)14-6-8-28-30(25,29-14)11-27-9-7-23-10-20-15-16(23)21-18(19)22-17(15)24;1-12-2-4-13(5-3-12)14-6-8-27-29(25,28-14)11-26-9-7-23-10-20-15-16(23)21-18(19)22-17(15)24;18-12-3-1-11(2-4-12)13-5-7-27-29(25,28-13)10-26-8-6-23-9-20-14-15(23)21-17(19)22-16(14)24/h2-5,10,14H,6-9,11H2,1H3,(H3,19,21,22,24);2-5,10,14H,6-9,11H2,1H3,(H3,19,21,22,24);2-5,10,14H,6-9,11H2,1H3,(H3,19,21,22,24);1-4,9,13H,5-8,10H2,(H3,19,21,22,24). The van der Waals surface area contributed by atoms with Gasteiger partial charge in [-0.3, -0.25) is 75.5 Å². The predicted octanol–water partition coefficient (Wildman–Crippen LogP) is 8.67. The summed E-state index contributed by atoms with van der Waals surface area (Å²) < 4.78 is 154. The van der Waals surface area contributed by atoms with Gasteiger partial charge in [-0.25, -0.2) is 28.4 Å². The van der Waals surface area contributed by atoms with Gasteiger partial charge in [-0.2, -0.15) is 19.9 Å². The lowest BCUT2D eigenvalue weighted by molar-refractivity contribution is 0.0559. The van der Waals surface area contributed by atoms with Crippen molar-refractivity contribution in [3.05, 3.63) is 196 Å². The third kappa shape index (κ3) is 22.6. The number of fused-ring (bicyclic) bond motifs is 4. The number of nitrogens with zero attached hydrogens (tertiary/aromatic N) is 12. The number of aromatic amines is 4. The molecule has 0 radical (unpaired) electrons. The highest BCUT2D eigenvalue weighted by atomic mass is 79.9. The molecule has 4 aliphatic heterocycles. The Balaban J connectivity index is 0.000000138. The number of ether oxygens (including phenoxy) is 5. The summed E-state index contributed by atoms with van der Waals surface area (Å²) in [5, 5.41) is 0. The number of H-pyrrole nitrogens is 4. The van der Waals surface area contributed by atoms with E-state index in [0.29, 0.717) is 99.8 Å². The fraction of sp³-hybridized carbons (Fsp3) is 0.380. The lowest BCUT2D eigenvalue weighted by Gasteiger charge is -2.30. The van der Waals surface area contributed by atoms with Crippen molar-refractivity contribution in [1.29, 1.82) is 0 Å². The van der Waals surface area contributed by atoms with Gasteiger partial charge in [-0.15, -0.1) is 0 Å². The number of nitrogens with two attached hydrogens (primary N) is 4. The van der Waals surface area contributed by atoms with Gasteiger partial charge in [0.2, 0.25) is 23.8 Å². The van der Waals surface area contributed by atoms with E-state index in [1.54, 1.807) is 37.5 Å². The number of halogens is 1. The SMILES string of the molecule is COc1ccc(C2CCOP(=O)(COCCn3cnc4c(=O)[nH]c(N)nc43)O2)cc1.CS(=O)(=O)c1ccc(C2CCOP(=O)(COCCn3cnc4c(=O)[nH]c(N)nc43)O2)cc1.Cc1ccc(C2CCOP(=O)(COCCn3cnc4c(=O)[nH]c(N)nc43)O2)cc1.Nc1nc2c(ncn2CCOCP2(=O)OCCC(c3ccc(Br)cc3)O2)c(=O)[nH]1. The minimum atomic E-state index is -3.51. The van der Waals surface area contributed by atoms with Crippen molar-refractivity contribution in [2.24, 2.45) is 0 Å². The average Bonchev–Trinajstić information content (AvgIpc) is 1.77. The molecule has 0 saturated carbocycles.